The first-order valence-corrected chi connectivity index (χ1v) is 9.64. The minimum atomic E-state index is -0.664. The number of piperazine rings is 1. The molecule has 5 rings (SSSR count). The molecular weight excluding hydrogens is 372 g/mol. The fourth-order valence-electron chi connectivity index (χ4n) is 3.72. The van der Waals surface area contributed by atoms with Gasteiger partial charge in [-0.05, 0) is 24.3 Å². The van der Waals surface area contributed by atoms with Gasteiger partial charge in [-0.2, -0.15) is 0 Å². The van der Waals surface area contributed by atoms with Crippen LogP contribution in [0.5, 0.6) is 11.5 Å². The van der Waals surface area contributed by atoms with Crippen molar-refractivity contribution in [2.24, 2.45) is 0 Å². The number of ether oxygens (including phenoxy) is 2. The van der Waals surface area contributed by atoms with Gasteiger partial charge in [-0.25, -0.2) is 0 Å². The standard InChI is InChI=1S/C22H20N2O5/c25-21(19-13-15-5-1-2-6-16(15)28-19)23-9-11-24(12-10-23)22(26)20-14-27-17-7-3-4-8-18(17)29-20/h1-8,13,20H,9-12,14H2/t20-/m1/s1. The summed E-state index contributed by atoms with van der Waals surface area (Å²) in [7, 11) is 0. The van der Waals surface area contributed by atoms with Crippen LogP contribution in [0.1, 0.15) is 10.6 Å². The van der Waals surface area contributed by atoms with Crippen LogP contribution in [0, 0.1) is 0 Å². The van der Waals surface area contributed by atoms with Crippen molar-refractivity contribution < 1.29 is 23.5 Å². The molecule has 0 N–H and O–H groups in total. The smallest absolute Gasteiger partial charge is 0.289 e. The van der Waals surface area contributed by atoms with Crippen molar-refractivity contribution in [3.05, 3.63) is 60.4 Å². The summed E-state index contributed by atoms with van der Waals surface area (Å²) < 4.78 is 17.1. The predicted molar refractivity (Wildman–Crippen MR) is 105 cm³/mol. The number of benzene rings is 2. The Balaban J connectivity index is 1.21. The van der Waals surface area contributed by atoms with Crippen LogP contribution in [0.3, 0.4) is 0 Å². The third-order valence-corrected chi connectivity index (χ3v) is 5.30. The third-order valence-electron chi connectivity index (χ3n) is 5.30. The van der Waals surface area contributed by atoms with Crippen LogP contribution in [0.25, 0.3) is 11.0 Å². The van der Waals surface area contributed by atoms with E-state index in [1.54, 1.807) is 21.9 Å². The highest BCUT2D eigenvalue weighted by Gasteiger charge is 2.34. The van der Waals surface area contributed by atoms with E-state index in [-0.39, 0.29) is 18.4 Å². The lowest BCUT2D eigenvalue weighted by Crippen LogP contribution is -2.55. The highest BCUT2D eigenvalue weighted by atomic mass is 16.6. The molecule has 1 aromatic heterocycles. The molecule has 2 aromatic carbocycles. The Morgan fingerprint density at radius 1 is 0.862 bits per heavy atom. The van der Waals surface area contributed by atoms with Crippen molar-refractivity contribution in [3.8, 4) is 11.5 Å². The minimum absolute atomic E-state index is 0.115. The molecule has 0 unspecified atom stereocenters. The monoisotopic (exact) mass is 392 g/mol. The van der Waals surface area contributed by atoms with E-state index in [2.05, 4.69) is 0 Å². The van der Waals surface area contributed by atoms with E-state index in [0.29, 0.717) is 49.0 Å². The van der Waals surface area contributed by atoms with Gasteiger partial charge >= 0.3 is 0 Å². The molecule has 2 aliphatic rings. The molecule has 0 bridgehead atoms. The number of carbonyl (C=O) groups excluding carboxylic acids is 2. The average molecular weight is 392 g/mol. The van der Waals surface area contributed by atoms with Gasteiger partial charge in [0.25, 0.3) is 11.8 Å². The van der Waals surface area contributed by atoms with Gasteiger partial charge in [0.15, 0.2) is 17.3 Å². The Morgan fingerprint density at radius 2 is 1.55 bits per heavy atom. The summed E-state index contributed by atoms with van der Waals surface area (Å²) in [4.78, 5) is 29.0. The molecule has 0 spiro atoms. The van der Waals surface area contributed by atoms with Crippen LogP contribution in [0.15, 0.2) is 59.0 Å². The number of furan rings is 1. The largest absolute Gasteiger partial charge is 0.485 e. The van der Waals surface area contributed by atoms with E-state index in [0.717, 1.165) is 5.39 Å². The van der Waals surface area contributed by atoms with Gasteiger partial charge in [-0.1, -0.05) is 30.3 Å². The number of fused-ring (bicyclic) bond motifs is 2. The molecular formula is C22H20N2O5. The van der Waals surface area contributed by atoms with E-state index < -0.39 is 6.10 Å². The zero-order valence-electron chi connectivity index (χ0n) is 15.7. The number of para-hydroxylation sites is 3. The predicted octanol–water partition coefficient (Wildman–Crippen LogP) is 2.56. The number of amides is 2. The summed E-state index contributed by atoms with van der Waals surface area (Å²) in [6.45, 7) is 1.99. The number of carbonyl (C=O) groups is 2. The van der Waals surface area contributed by atoms with Crippen LogP contribution in [0.2, 0.25) is 0 Å². The van der Waals surface area contributed by atoms with Crippen molar-refractivity contribution in [2.45, 2.75) is 6.10 Å². The number of hydrogen-bond acceptors (Lipinski definition) is 5. The van der Waals surface area contributed by atoms with Gasteiger partial charge in [-0.15, -0.1) is 0 Å². The van der Waals surface area contributed by atoms with Crippen molar-refractivity contribution in [2.75, 3.05) is 32.8 Å². The Labute approximate surface area is 167 Å². The molecule has 29 heavy (non-hydrogen) atoms. The normalized spacial score (nSPS) is 18.7. The summed E-state index contributed by atoms with van der Waals surface area (Å²) >= 11 is 0. The van der Waals surface area contributed by atoms with Crippen LogP contribution in [-0.2, 0) is 4.79 Å². The maximum Gasteiger partial charge on any atom is 0.289 e. The first kappa shape index (κ1) is 17.6. The Hall–Kier alpha value is -3.48. The van der Waals surface area contributed by atoms with Gasteiger partial charge < -0.3 is 23.7 Å². The lowest BCUT2D eigenvalue weighted by Gasteiger charge is -2.36. The number of nitrogens with zero attached hydrogens (tertiary/aromatic N) is 2. The second kappa shape index (κ2) is 7.16. The van der Waals surface area contributed by atoms with Crippen LogP contribution < -0.4 is 9.47 Å². The highest BCUT2D eigenvalue weighted by Crippen LogP contribution is 2.31. The van der Waals surface area contributed by atoms with Crippen molar-refractivity contribution in [3.63, 3.8) is 0 Å². The fourth-order valence-corrected chi connectivity index (χ4v) is 3.72. The van der Waals surface area contributed by atoms with E-state index in [4.69, 9.17) is 13.9 Å². The molecule has 148 valence electrons. The van der Waals surface area contributed by atoms with E-state index in [1.165, 1.54) is 0 Å². The van der Waals surface area contributed by atoms with Crippen molar-refractivity contribution >= 4 is 22.8 Å². The molecule has 0 radical (unpaired) electrons. The second-order valence-electron chi connectivity index (χ2n) is 7.13. The molecule has 1 saturated heterocycles. The molecule has 2 aliphatic heterocycles. The van der Waals surface area contributed by atoms with Gasteiger partial charge in [0.2, 0.25) is 6.10 Å². The Morgan fingerprint density at radius 3 is 2.34 bits per heavy atom. The Bertz CT molecular complexity index is 1030. The third kappa shape index (κ3) is 3.29. The highest BCUT2D eigenvalue weighted by molar-refractivity contribution is 5.96. The maximum atomic E-state index is 12.8. The quantitative estimate of drug-likeness (QED) is 0.670. The van der Waals surface area contributed by atoms with Gasteiger partial charge in [-0.3, -0.25) is 9.59 Å². The molecule has 0 aliphatic carbocycles. The lowest BCUT2D eigenvalue weighted by molar-refractivity contribution is -0.142. The molecule has 3 aromatic rings. The molecule has 0 saturated carbocycles. The van der Waals surface area contributed by atoms with Crippen LogP contribution in [0.4, 0.5) is 0 Å². The lowest BCUT2D eigenvalue weighted by atomic mass is 10.2. The molecule has 1 fully saturated rings. The molecule has 1 atom stereocenters. The van der Waals surface area contributed by atoms with Crippen molar-refractivity contribution in [1.82, 2.24) is 9.80 Å². The first-order valence-electron chi connectivity index (χ1n) is 9.64. The Kier molecular flexibility index (Phi) is 4.35. The molecule has 3 heterocycles. The number of rotatable bonds is 2. The summed E-state index contributed by atoms with van der Waals surface area (Å²) in [6.07, 6.45) is -0.664. The summed E-state index contributed by atoms with van der Waals surface area (Å²) in [5, 5.41) is 0.902. The van der Waals surface area contributed by atoms with E-state index in [9.17, 15) is 9.59 Å². The van der Waals surface area contributed by atoms with E-state index in [1.807, 2.05) is 42.5 Å². The summed E-state index contributed by atoms with van der Waals surface area (Å²) in [6, 6.07) is 16.6. The number of hydrogen-bond donors (Lipinski definition) is 0. The molecule has 7 nitrogen and oxygen atoms in total. The minimum Gasteiger partial charge on any atom is -0.485 e. The maximum absolute atomic E-state index is 12.8. The zero-order valence-corrected chi connectivity index (χ0v) is 15.7. The zero-order chi connectivity index (χ0) is 19.8. The second-order valence-corrected chi connectivity index (χ2v) is 7.13. The average Bonchev–Trinajstić information content (AvgIpc) is 3.22. The van der Waals surface area contributed by atoms with Gasteiger partial charge in [0.1, 0.15) is 12.2 Å². The van der Waals surface area contributed by atoms with Gasteiger partial charge in [0.05, 0.1) is 0 Å². The summed E-state index contributed by atoms with van der Waals surface area (Å²) in [5.41, 5.74) is 0.694. The SMILES string of the molecule is O=C(c1cc2ccccc2o1)N1CCN(C(=O)[C@H]2COc3ccccc3O2)CC1. The van der Waals surface area contributed by atoms with Gasteiger partial charge in [0, 0.05) is 31.6 Å². The van der Waals surface area contributed by atoms with Crippen LogP contribution >= 0.6 is 0 Å². The fraction of sp³-hybridized carbons (Fsp3) is 0.273. The van der Waals surface area contributed by atoms with E-state index >= 15 is 0 Å². The van der Waals surface area contributed by atoms with Crippen molar-refractivity contribution in [1.29, 1.82) is 0 Å². The summed E-state index contributed by atoms with van der Waals surface area (Å²) in [5.74, 6) is 1.29. The molecule has 7 heteroatoms. The topological polar surface area (TPSA) is 72.2 Å². The first-order chi connectivity index (χ1) is 14.2. The molecule has 2 amide bonds. The van der Waals surface area contributed by atoms with Crippen LogP contribution in [-0.4, -0.2) is 60.5 Å².